The Kier molecular flexibility index (Phi) is 6.00. The van der Waals surface area contributed by atoms with Crippen LogP contribution in [0.4, 0.5) is 5.82 Å². The van der Waals surface area contributed by atoms with Gasteiger partial charge in [0, 0.05) is 38.1 Å². The first-order valence-electron chi connectivity index (χ1n) is 10.1. The van der Waals surface area contributed by atoms with Gasteiger partial charge in [0.15, 0.2) is 11.6 Å². The summed E-state index contributed by atoms with van der Waals surface area (Å²) < 4.78 is 5.38. The van der Waals surface area contributed by atoms with E-state index in [4.69, 9.17) is 4.42 Å². The van der Waals surface area contributed by atoms with E-state index in [1.54, 1.807) is 35.6 Å². The number of benzene rings is 1. The Morgan fingerprint density at radius 1 is 1.21 bits per heavy atom. The van der Waals surface area contributed by atoms with E-state index in [1.807, 2.05) is 6.07 Å². The summed E-state index contributed by atoms with van der Waals surface area (Å²) in [6, 6.07) is 14.1. The Hall–Kier alpha value is -2.99. The molecular formula is C23H26N4O2. The van der Waals surface area contributed by atoms with Gasteiger partial charge in [0.05, 0.1) is 12.5 Å². The molecule has 150 valence electrons. The summed E-state index contributed by atoms with van der Waals surface area (Å²) in [6.07, 6.45) is 8.34. The second kappa shape index (κ2) is 9.01. The van der Waals surface area contributed by atoms with Gasteiger partial charge >= 0.3 is 0 Å². The van der Waals surface area contributed by atoms with Crippen LogP contribution in [-0.2, 0) is 6.42 Å². The Bertz CT molecular complexity index is 899. The van der Waals surface area contributed by atoms with E-state index >= 15 is 0 Å². The van der Waals surface area contributed by atoms with Crippen molar-refractivity contribution in [1.29, 1.82) is 0 Å². The van der Waals surface area contributed by atoms with Crippen LogP contribution < -0.4 is 4.90 Å². The second-order valence-corrected chi connectivity index (χ2v) is 7.59. The molecule has 1 saturated heterocycles. The van der Waals surface area contributed by atoms with Crippen LogP contribution in [0.5, 0.6) is 0 Å². The number of carbonyl (C=O) groups excluding carboxylic acids is 1. The summed E-state index contributed by atoms with van der Waals surface area (Å²) in [7, 11) is 0. The number of rotatable bonds is 6. The Morgan fingerprint density at radius 3 is 2.76 bits per heavy atom. The van der Waals surface area contributed by atoms with E-state index in [-0.39, 0.29) is 11.9 Å². The number of piperidine rings is 1. The van der Waals surface area contributed by atoms with E-state index in [9.17, 15) is 4.79 Å². The van der Waals surface area contributed by atoms with E-state index in [1.165, 1.54) is 11.8 Å². The number of furan rings is 1. The lowest BCUT2D eigenvalue weighted by molar-refractivity contribution is 0.0905. The smallest absolute Gasteiger partial charge is 0.295 e. The van der Waals surface area contributed by atoms with Crippen molar-refractivity contribution in [2.45, 2.75) is 25.8 Å². The number of carbonyl (C=O) groups is 1. The lowest BCUT2D eigenvalue weighted by atomic mass is 9.91. The van der Waals surface area contributed by atoms with Gasteiger partial charge in [-0.25, -0.2) is 4.98 Å². The molecule has 6 heteroatoms. The zero-order chi connectivity index (χ0) is 20.1. The molecule has 0 bridgehead atoms. The minimum absolute atomic E-state index is 0.0530. The maximum atomic E-state index is 13.2. The van der Waals surface area contributed by atoms with Gasteiger partial charge in [-0.15, -0.1) is 0 Å². The zero-order valence-corrected chi connectivity index (χ0v) is 16.6. The van der Waals surface area contributed by atoms with E-state index in [0.717, 1.165) is 32.5 Å². The maximum absolute atomic E-state index is 13.2. The van der Waals surface area contributed by atoms with Gasteiger partial charge in [0.1, 0.15) is 0 Å². The molecule has 0 radical (unpaired) electrons. The summed E-state index contributed by atoms with van der Waals surface area (Å²) in [5.41, 5.74) is 1.36. The topological polar surface area (TPSA) is 62.5 Å². The van der Waals surface area contributed by atoms with Gasteiger partial charge in [-0.2, -0.15) is 0 Å². The molecule has 6 nitrogen and oxygen atoms in total. The van der Waals surface area contributed by atoms with Crippen molar-refractivity contribution in [3.05, 3.63) is 78.6 Å². The van der Waals surface area contributed by atoms with Crippen LogP contribution >= 0.6 is 0 Å². The van der Waals surface area contributed by atoms with Gasteiger partial charge in [-0.05, 0) is 36.5 Å². The number of hydrogen-bond acceptors (Lipinski definition) is 5. The highest BCUT2D eigenvalue weighted by atomic mass is 16.3. The molecule has 3 aromatic rings. The average Bonchev–Trinajstić information content (AvgIpc) is 3.30. The second-order valence-electron chi connectivity index (χ2n) is 7.59. The molecule has 3 heterocycles. The largest absolute Gasteiger partial charge is 0.459 e. The molecule has 4 rings (SSSR count). The first-order valence-corrected chi connectivity index (χ1v) is 10.1. The summed E-state index contributed by atoms with van der Waals surface area (Å²) in [5, 5.41) is 0. The molecule has 1 aromatic carbocycles. The molecule has 0 spiro atoms. The first-order chi connectivity index (χ1) is 14.2. The van der Waals surface area contributed by atoms with Gasteiger partial charge in [0.2, 0.25) is 0 Å². The van der Waals surface area contributed by atoms with Crippen LogP contribution in [0, 0.1) is 5.92 Å². The number of hydrogen-bond donors (Lipinski definition) is 0. The highest BCUT2D eigenvalue weighted by Crippen LogP contribution is 2.27. The van der Waals surface area contributed by atoms with E-state index in [2.05, 4.69) is 46.1 Å². The molecule has 2 atom stereocenters. The summed E-state index contributed by atoms with van der Waals surface area (Å²) in [6.45, 7) is 5.13. The molecule has 29 heavy (non-hydrogen) atoms. The molecule has 1 amide bonds. The van der Waals surface area contributed by atoms with Gasteiger partial charge in [-0.1, -0.05) is 37.3 Å². The van der Waals surface area contributed by atoms with Crippen molar-refractivity contribution < 1.29 is 9.21 Å². The Morgan fingerprint density at radius 2 is 2.07 bits per heavy atom. The molecule has 1 aliphatic heterocycles. The summed E-state index contributed by atoms with van der Waals surface area (Å²) in [5.74, 6) is 1.04. The molecule has 0 N–H and O–H groups in total. The van der Waals surface area contributed by atoms with Crippen molar-refractivity contribution in [2.75, 3.05) is 24.5 Å². The standard InChI is InChI=1S/C23H26N4O2/c1-18-17-26(13-9-19-6-3-2-4-7-19)14-10-20(18)27(22-16-24-11-12-25-22)23(28)21-8-5-15-29-21/h2-8,11-12,15-16,18,20H,9-10,13-14,17H2,1H3/t18-,20+/m1/s1. The minimum atomic E-state index is -0.162. The highest BCUT2D eigenvalue weighted by Gasteiger charge is 2.36. The lowest BCUT2D eigenvalue weighted by Crippen LogP contribution is -2.53. The number of nitrogens with zero attached hydrogens (tertiary/aromatic N) is 4. The molecule has 2 aromatic heterocycles. The number of amides is 1. The molecular weight excluding hydrogens is 364 g/mol. The molecule has 1 fully saturated rings. The molecule has 0 saturated carbocycles. The minimum Gasteiger partial charge on any atom is -0.459 e. The number of likely N-dealkylation sites (tertiary alicyclic amines) is 1. The van der Waals surface area contributed by atoms with Crippen LogP contribution in [0.1, 0.15) is 29.5 Å². The predicted octanol–water partition coefficient (Wildman–Crippen LogP) is 3.67. The van der Waals surface area contributed by atoms with E-state index < -0.39 is 0 Å². The highest BCUT2D eigenvalue weighted by molar-refractivity contribution is 6.04. The fourth-order valence-corrected chi connectivity index (χ4v) is 4.10. The van der Waals surface area contributed by atoms with Crippen LogP contribution in [0.15, 0.2) is 71.7 Å². The molecule has 0 aliphatic carbocycles. The molecule has 1 aliphatic rings. The van der Waals surface area contributed by atoms with Crippen molar-refractivity contribution in [3.63, 3.8) is 0 Å². The molecule has 0 unspecified atom stereocenters. The quantitative estimate of drug-likeness (QED) is 0.643. The average molecular weight is 390 g/mol. The predicted molar refractivity (Wildman–Crippen MR) is 112 cm³/mol. The van der Waals surface area contributed by atoms with Crippen molar-refractivity contribution >= 4 is 11.7 Å². The van der Waals surface area contributed by atoms with Crippen molar-refractivity contribution in [2.24, 2.45) is 5.92 Å². The lowest BCUT2D eigenvalue weighted by Gasteiger charge is -2.41. The number of anilines is 1. The third kappa shape index (κ3) is 4.54. The fourth-order valence-electron chi connectivity index (χ4n) is 4.10. The monoisotopic (exact) mass is 390 g/mol. The van der Waals surface area contributed by atoms with E-state index in [0.29, 0.717) is 17.5 Å². The van der Waals surface area contributed by atoms with Crippen LogP contribution in [-0.4, -0.2) is 46.5 Å². The Balaban J connectivity index is 1.47. The van der Waals surface area contributed by atoms with Crippen molar-refractivity contribution in [3.8, 4) is 0 Å². The third-order valence-corrected chi connectivity index (χ3v) is 5.58. The third-order valence-electron chi connectivity index (χ3n) is 5.58. The van der Waals surface area contributed by atoms with Crippen LogP contribution in [0.3, 0.4) is 0 Å². The first kappa shape index (κ1) is 19.3. The summed E-state index contributed by atoms with van der Waals surface area (Å²) >= 11 is 0. The maximum Gasteiger partial charge on any atom is 0.295 e. The number of aromatic nitrogens is 2. The summed E-state index contributed by atoms with van der Waals surface area (Å²) in [4.78, 5) is 26.0. The van der Waals surface area contributed by atoms with Gasteiger partial charge < -0.3 is 9.32 Å². The van der Waals surface area contributed by atoms with Gasteiger partial charge in [0.25, 0.3) is 5.91 Å². The SMILES string of the molecule is C[C@@H]1CN(CCc2ccccc2)CC[C@@H]1N(C(=O)c1ccco1)c1cnccn1. The van der Waals surface area contributed by atoms with Crippen LogP contribution in [0.2, 0.25) is 0 Å². The zero-order valence-electron chi connectivity index (χ0n) is 16.6. The fraction of sp³-hybridized carbons (Fsp3) is 0.348. The van der Waals surface area contributed by atoms with Gasteiger partial charge in [-0.3, -0.25) is 14.7 Å². The Labute approximate surface area is 171 Å². The van der Waals surface area contributed by atoms with Crippen LogP contribution in [0.25, 0.3) is 0 Å². The normalized spacial score (nSPS) is 19.8. The van der Waals surface area contributed by atoms with Crippen molar-refractivity contribution in [1.82, 2.24) is 14.9 Å².